The molecule has 110 valence electrons. The minimum absolute atomic E-state index is 0.320. The molecule has 0 amide bonds. The third-order valence-electron chi connectivity index (χ3n) is 3.81. The number of methoxy groups -OCH3 is 1. The summed E-state index contributed by atoms with van der Waals surface area (Å²) in [5.41, 5.74) is 3.70. The third-order valence-corrected chi connectivity index (χ3v) is 3.81. The fourth-order valence-electron chi connectivity index (χ4n) is 2.73. The van der Waals surface area contributed by atoms with Crippen LogP contribution in [0.15, 0.2) is 30.3 Å². The molecule has 4 heteroatoms. The Hall–Kier alpha value is -1.94. The SMILES string of the molecule is CCCNc1cc(COC)nc(C2Cc3ccccc32)n1. The zero-order valence-corrected chi connectivity index (χ0v) is 12.6. The van der Waals surface area contributed by atoms with Crippen LogP contribution in [0.2, 0.25) is 0 Å². The topological polar surface area (TPSA) is 47.0 Å². The molecule has 1 aromatic carbocycles. The zero-order valence-electron chi connectivity index (χ0n) is 12.6. The summed E-state index contributed by atoms with van der Waals surface area (Å²) in [5.74, 6) is 2.13. The fourth-order valence-corrected chi connectivity index (χ4v) is 2.73. The van der Waals surface area contributed by atoms with Crippen LogP contribution in [0.5, 0.6) is 0 Å². The van der Waals surface area contributed by atoms with Gasteiger partial charge in [-0.05, 0) is 24.0 Å². The standard InChI is InChI=1S/C17H21N3O/c1-3-8-18-16-10-13(11-21-2)19-17(20-16)15-9-12-6-4-5-7-14(12)15/h4-7,10,15H,3,8-9,11H2,1-2H3,(H,18,19,20). The molecule has 4 nitrogen and oxygen atoms in total. The van der Waals surface area contributed by atoms with E-state index < -0.39 is 0 Å². The summed E-state index contributed by atoms with van der Waals surface area (Å²) in [7, 11) is 1.69. The second-order valence-electron chi connectivity index (χ2n) is 5.42. The Balaban J connectivity index is 1.89. The first-order chi connectivity index (χ1) is 10.3. The van der Waals surface area contributed by atoms with E-state index in [4.69, 9.17) is 9.72 Å². The van der Waals surface area contributed by atoms with Crippen LogP contribution in [-0.4, -0.2) is 23.6 Å². The van der Waals surface area contributed by atoms with E-state index in [0.29, 0.717) is 12.5 Å². The molecule has 0 bridgehead atoms. The summed E-state index contributed by atoms with van der Waals surface area (Å²) in [6, 6.07) is 10.5. The van der Waals surface area contributed by atoms with Crippen molar-refractivity contribution in [3.8, 4) is 0 Å². The minimum Gasteiger partial charge on any atom is -0.378 e. The van der Waals surface area contributed by atoms with Crippen LogP contribution in [0.25, 0.3) is 0 Å². The van der Waals surface area contributed by atoms with Gasteiger partial charge < -0.3 is 10.1 Å². The van der Waals surface area contributed by atoms with Gasteiger partial charge in [0, 0.05) is 25.6 Å². The van der Waals surface area contributed by atoms with E-state index in [1.54, 1.807) is 7.11 Å². The predicted molar refractivity (Wildman–Crippen MR) is 83.5 cm³/mol. The Morgan fingerprint density at radius 3 is 2.90 bits per heavy atom. The molecule has 0 aliphatic heterocycles. The highest BCUT2D eigenvalue weighted by Gasteiger charge is 2.29. The highest BCUT2D eigenvalue weighted by molar-refractivity contribution is 5.46. The van der Waals surface area contributed by atoms with Crippen molar-refractivity contribution in [1.82, 2.24) is 9.97 Å². The second kappa shape index (κ2) is 6.22. The number of hydrogen-bond donors (Lipinski definition) is 1. The number of aromatic nitrogens is 2. The molecule has 3 rings (SSSR count). The van der Waals surface area contributed by atoms with E-state index in [-0.39, 0.29) is 0 Å². The quantitative estimate of drug-likeness (QED) is 0.884. The smallest absolute Gasteiger partial charge is 0.138 e. The number of hydrogen-bond acceptors (Lipinski definition) is 4. The largest absolute Gasteiger partial charge is 0.378 e. The van der Waals surface area contributed by atoms with E-state index in [0.717, 1.165) is 36.7 Å². The number of anilines is 1. The molecule has 0 saturated carbocycles. The molecule has 1 N–H and O–H groups in total. The molecular formula is C17H21N3O. The minimum atomic E-state index is 0.320. The Morgan fingerprint density at radius 1 is 1.29 bits per heavy atom. The van der Waals surface area contributed by atoms with Gasteiger partial charge in [-0.15, -0.1) is 0 Å². The van der Waals surface area contributed by atoms with Gasteiger partial charge in [0.2, 0.25) is 0 Å². The summed E-state index contributed by atoms with van der Waals surface area (Å²) < 4.78 is 5.23. The molecule has 21 heavy (non-hydrogen) atoms. The van der Waals surface area contributed by atoms with Crippen LogP contribution >= 0.6 is 0 Å². The first kappa shape index (κ1) is 14.0. The van der Waals surface area contributed by atoms with E-state index in [1.807, 2.05) is 6.07 Å². The van der Waals surface area contributed by atoms with Crippen molar-refractivity contribution in [2.24, 2.45) is 0 Å². The van der Waals surface area contributed by atoms with Crippen molar-refractivity contribution in [2.45, 2.75) is 32.3 Å². The normalized spacial score (nSPS) is 16.2. The number of nitrogens with one attached hydrogen (secondary N) is 1. The zero-order chi connectivity index (χ0) is 14.7. The van der Waals surface area contributed by atoms with Gasteiger partial charge in [0.25, 0.3) is 0 Å². The third kappa shape index (κ3) is 2.90. The molecular weight excluding hydrogens is 262 g/mol. The first-order valence-electron chi connectivity index (χ1n) is 7.50. The van der Waals surface area contributed by atoms with Crippen LogP contribution in [0, 0.1) is 0 Å². The van der Waals surface area contributed by atoms with Crippen molar-refractivity contribution in [3.05, 3.63) is 53.0 Å². The number of benzene rings is 1. The maximum atomic E-state index is 5.23. The van der Waals surface area contributed by atoms with Crippen molar-refractivity contribution in [2.75, 3.05) is 19.0 Å². The van der Waals surface area contributed by atoms with Gasteiger partial charge in [-0.1, -0.05) is 31.2 Å². The number of ether oxygens (including phenoxy) is 1. The van der Waals surface area contributed by atoms with Crippen LogP contribution in [0.1, 0.15) is 41.9 Å². The van der Waals surface area contributed by atoms with E-state index in [9.17, 15) is 0 Å². The van der Waals surface area contributed by atoms with Crippen LogP contribution in [-0.2, 0) is 17.8 Å². The number of fused-ring (bicyclic) bond motifs is 1. The van der Waals surface area contributed by atoms with Crippen LogP contribution in [0.4, 0.5) is 5.82 Å². The number of rotatable bonds is 6. The number of nitrogens with zero attached hydrogens (tertiary/aromatic N) is 2. The second-order valence-corrected chi connectivity index (χ2v) is 5.42. The Bertz CT molecular complexity index is 627. The van der Waals surface area contributed by atoms with Crippen LogP contribution in [0.3, 0.4) is 0 Å². The van der Waals surface area contributed by atoms with Gasteiger partial charge in [-0.25, -0.2) is 9.97 Å². The lowest BCUT2D eigenvalue weighted by Gasteiger charge is -2.29. The highest BCUT2D eigenvalue weighted by Crippen LogP contribution is 2.38. The van der Waals surface area contributed by atoms with Gasteiger partial charge >= 0.3 is 0 Å². The molecule has 1 aromatic heterocycles. The monoisotopic (exact) mass is 283 g/mol. The lowest BCUT2D eigenvalue weighted by Crippen LogP contribution is -2.21. The lowest BCUT2D eigenvalue weighted by molar-refractivity contribution is 0.181. The molecule has 1 aliphatic rings. The predicted octanol–water partition coefficient (Wildman–Crippen LogP) is 3.13. The van der Waals surface area contributed by atoms with Gasteiger partial charge in [0.15, 0.2) is 0 Å². The van der Waals surface area contributed by atoms with Crippen molar-refractivity contribution in [1.29, 1.82) is 0 Å². The maximum Gasteiger partial charge on any atom is 0.138 e. The van der Waals surface area contributed by atoms with E-state index >= 15 is 0 Å². The average molecular weight is 283 g/mol. The molecule has 2 aromatic rings. The van der Waals surface area contributed by atoms with Crippen molar-refractivity contribution in [3.63, 3.8) is 0 Å². The first-order valence-corrected chi connectivity index (χ1v) is 7.50. The van der Waals surface area contributed by atoms with Crippen LogP contribution < -0.4 is 5.32 Å². The average Bonchev–Trinajstić information content (AvgIpc) is 2.47. The summed E-state index contributed by atoms with van der Waals surface area (Å²) in [6.07, 6.45) is 2.10. The van der Waals surface area contributed by atoms with E-state index in [1.165, 1.54) is 11.1 Å². The summed E-state index contributed by atoms with van der Waals surface area (Å²) in [5, 5.41) is 3.35. The molecule has 1 atom stereocenters. The lowest BCUT2D eigenvalue weighted by atomic mass is 9.77. The summed E-state index contributed by atoms with van der Waals surface area (Å²) >= 11 is 0. The molecule has 1 aliphatic carbocycles. The van der Waals surface area contributed by atoms with Gasteiger partial charge in [-0.2, -0.15) is 0 Å². The molecule has 0 spiro atoms. The molecule has 0 radical (unpaired) electrons. The maximum absolute atomic E-state index is 5.23. The van der Waals surface area contributed by atoms with Gasteiger partial charge in [0.05, 0.1) is 12.3 Å². The van der Waals surface area contributed by atoms with E-state index in [2.05, 4.69) is 41.5 Å². The molecule has 1 unspecified atom stereocenters. The Morgan fingerprint density at radius 2 is 2.14 bits per heavy atom. The molecule has 0 saturated heterocycles. The van der Waals surface area contributed by atoms with Gasteiger partial charge in [0.1, 0.15) is 11.6 Å². The Kier molecular flexibility index (Phi) is 4.15. The van der Waals surface area contributed by atoms with Crippen molar-refractivity contribution < 1.29 is 4.74 Å². The molecule has 1 heterocycles. The summed E-state index contributed by atoms with van der Waals surface area (Å²) in [6.45, 7) is 3.59. The van der Waals surface area contributed by atoms with Gasteiger partial charge in [-0.3, -0.25) is 0 Å². The summed E-state index contributed by atoms with van der Waals surface area (Å²) in [4.78, 5) is 9.37. The highest BCUT2D eigenvalue weighted by atomic mass is 16.5. The fraction of sp³-hybridized carbons (Fsp3) is 0.412. The Labute approximate surface area is 125 Å². The van der Waals surface area contributed by atoms with Crippen molar-refractivity contribution >= 4 is 5.82 Å². The molecule has 0 fully saturated rings.